The Labute approximate surface area is 290 Å². The molecule has 0 aromatic heterocycles. The van der Waals surface area contributed by atoms with Gasteiger partial charge >= 0.3 is 0 Å². The molecule has 11 aromatic rings. The van der Waals surface area contributed by atoms with Crippen LogP contribution in [0.15, 0.2) is 182 Å². The summed E-state index contributed by atoms with van der Waals surface area (Å²) >= 11 is 0. The molecule has 0 spiro atoms. The van der Waals surface area contributed by atoms with E-state index >= 15 is 0 Å². The second-order valence-electron chi connectivity index (χ2n) is 13.7. The summed E-state index contributed by atoms with van der Waals surface area (Å²) in [6.45, 7) is 0. The first-order valence-electron chi connectivity index (χ1n) is 17.4. The number of benzene rings is 11. The Morgan fingerprint density at radius 1 is 0.200 bits per heavy atom. The van der Waals surface area contributed by atoms with Crippen molar-refractivity contribution in [1.29, 1.82) is 0 Å². The van der Waals surface area contributed by atoms with E-state index in [1.54, 1.807) is 0 Å². The predicted molar refractivity (Wildman–Crippen MR) is 216 cm³/mol. The average Bonchev–Trinajstić information content (AvgIpc) is 3.19. The van der Waals surface area contributed by atoms with Crippen LogP contribution in [0.1, 0.15) is 0 Å². The zero-order valence-electron chi connectivity index (χ0n) is 27.3. The van der Waals surface area contributed by atoms with Gasteiger partial charge in [-0.25, -0.2) is 0 Å². The van der Waals surface area contributed by atoms with Crippen LogP contribution in [-0.2, 0) is 0 Å². The van der Waals surface area contributed by atoms with E-state index in [1.165, 1.54) is 109 Å². The maximum Gasteiger partial charge on any atom is -0.00206 e. The van der Waals surface area contributed by atoms with Crippen LogP contribution in [0.4, 0.5) is 0 Å². The fourth-order valence-corrected chi connectivity index (χ4v) is 8.56. The minimum Gasteiger partial charge on any atom is -0.0610 e. The fourth-order valence-electron chi connectivity index (χ4n) is 8.56. The predicted octanol–water partition coefficient (Wildman–Crippen LogP) is 14.1. The molecule has 0 saturated carbocycles. The zero-order chi connectivity index (χ0) is 32.8. The highest BCUT2D eigenvalue weighted by Crippen LogP contribution is 2.42. The molecule has 0 heteroatoms. The van der Waals surface area contributed by atoms with Gasteiger partial charge < -0.3 is 0 Å². The standard InChI is InChI=1S/C50H30/c1-5-33-17-19-37-21-25-43(45-27-23-35(7-1)47(33)49(37)45)41-11-3-9-39(29-41)31-13-15-32(16-14-31)40-10-4-12-42(30-40)44-26-22-38-20-18-34-6-2-8-36-24-28-46(44)50(38)48(34)36/h1-30H. The largest absolute Gasteiger partial charge is 0.0610 e. The quantitative estimate of drug-likeness (QED) is 0.170. The van der Waals surface area contributed by atoms with Crippen LogP contribution in [0, 0.1) is 0 Å². The monoisotopic (exact) mass is 630 g/mol. The fraction of sp³-hybridized carbons (Fsp3) is 0. The first kappa shape index (κ1) is 27.5. The molecule has 0 nitrogen and oxygen atoms in total. The number of hydrogen-bond donors (Lipinski definition) is 0. The van der Waals surface area contributed by atoms with Crippen molar-refractivity contribution in [3.05, 3.63) is 182 Å². The highest BCUT2D eigenvalue weighted by molar-refractivity contribution is 6.26. The molecule has 0 aliphatic heterocycles. The third-order valence-corrected chi connectivity index (χ3v) is 11.0. The molecule has 0 unspecified atom stereocenters. The van der Waals surface area contributed by atoms with Crippen molar-refractivity contribution in [2.45, 2.75) is 0 Å². The highest BCUT2D eigenvalue weighted by atomic mass is 14.2. The van der Waals surface area contributed by atoms with Crippen LogP contribution in [0.5, 0.6) is 0 Å². The van der Waals surface area contributed by atoms with Crippen molar-refractivity contribution in [3.8, 4) is 44.5 Å². The lowest BCUT2D eigenvalue weighted by Gasteiger charge is -2.15. The Hall–Kier alpha value is -6.50. The topological polar surface area (TPSA) is 0 Å². The minimum absolute atomic E-state index is 1.22. The van der Waals surface area contributed by atoms with Gasteiger partial charge in [-0.2, -0.15) is 0 Å². The van der Waals surface area contributed by atoms with Gasteiger partial charge in [0.1, 0.15) is 0 Å². The summed E-state index contributed by atoms with van der Waals surface area (Å²) in [5, 5.41) is 15.8. The van der Waals surface area contributed by atoms with E-state index in [4.69, 9.17) is 0 Å². The number of rotatable bonds is 4. The van der Waals surface area contributed by atoms with Gasteiger partial charge in [0.2, 0.25) is 0 Å². The maximum absolute atomic E-state index is 2.34. The molecule has 0 saturated heterocycles. The van der Waals surface area contributed by atoms with E-state index in [0.29, 0.717) is 0 Å². The molecule has 0 fully saturated rings. The van der Waals surface area contributed by atoms with Crippen LogP contribution in [-0.4, -0.2) is 0 Å². The smallest absolute Gasteiger partial charge is 0.00206 e. The maximum atomic E-state index is 2.34. The molecule has 0 heterocycles. The Kier molecular flexibility index (Phi) is 5.76. The van der Waals surface area contributed by atoms with Gasteiger partial charge in [0, 0.05) is 0 Å². The summed E-state index contributed by atoms with van der Waals surface area (Å²) in [5.74, 6) is 0. The summed E-state index contributed by atoms with van der Waals surface area (Å²) in [7, 11) is 0. The van der Waals surface area contributed by atoms with Gasteiger partial charge in [-0.3, -0.25) is 0 Å². The Bertz CT molecular complexity index is 2830. The molecule has 11 aromatic carbocycles. The lowest BCUT2D eigenvalue weighted by molar-refractivity contribution is 1.58. The molecular weight excluding hydrogens is 601 g/mol. The van der Waals surface area contributed by atoms with E-state index in [9.17, 15) is 0 Å². The molecule has 11 rings (SSSR count). The van der Waals surface area contributed by atoms with Crippen LogP contribution >= 0.6 is 0 Å². The number of hydrogen-bond acceptors (Lipinski definition) is 0. The van der Waals surface area contributed by atoms with Crippen molar-refractivity contribution in [2.75, 3.05) is 0 Å². The van der Waals surface area contributed by atoms with Gasteiger partial charge in [-0.15, -0.1) is 0 Å². The minimum atomic E-state index is 1.22. The van der Waals surface area contributed by atoms with E-state index in [2.05, 4.69) is 182 Å². The second-order valence-corrected chi connectivity index (χ2v) is 13.7. The molecular formula is C50H30. The molecule has 230 valence electrons. The van der Waals surface area contributed by atoms with E-state index < -0.39 is 0 Å². The van der Waals surface area contributed by atoms with Gasteiger partial charge in [0.15, 0.2) is 0 Å². The van der Waals surface area contributed by atoms with Crippen molar-refractivity contribution >= 4 is 64.6 Å². The third-order valence-electron chi connectivity index (χ3n) is 11.0. The van der Waals surface area contributed by atoms with Crippen LogP contribution in [0.3, 0.4) is 0 Å². The summed E-state index contributed by atoms with van der Waals surface area (Å²) < 4.78 is 0. The summed E-state index contributed by atoms with van der Waals surface area (Å²) in [6, 6.07) is 67.6. The van der Waals surface area contributed by atoms with Gasteiger partial charge in [0.05, 0.1) is 0 Å². The normalized spacial score (nSPS) is 12.0. The van der Waals surface area contributed by atoms with E-state index in [-0.39, 0.29) is 0 Å². The van der Waals surface area contributed by atoms with Gasteiger partial charge in [-0.05, 0) is 121 Å². The Balaban J connectivity index is 0.959. The van der Waals surface area contributed by atoms with Crippen molar-refractivity contribution < 1.29 is 0 Å². The first-order chi connectivity index (χ1) is 24.8. The lowest BCUT2D eigenvalue weighted by atomic mass is 9.89. The van der Waals surface area contributed by atoms with E-state index in [1.807, 2.05) is 0 Å². The Morgan fingerprint density at radius 3 is 0.940 bits per heavy atom. The van der Waals surface area contributed by atoms with Gasteiger partial charge in [-0.1, -0.05) is 170 Å². The lowest BCUT2D eigenvalue weighted by Crippen LogP contribution is -1.88. The van der Waals surface area contributed by atoms with Crippen LogP contribution in [0.2, 0.25) is 0 Å². The van der Waals surface area contributed by atoms with Crippen LogP contribution < -0.4 is 0 Å². The molecule has 0 radical (unpaired) electrons. The van der Waals surface area contributed by atoms with Crippen molar-refractivity contribution in [1.82, 2.24) is 0 Å². The Morgan fingerprint density at radius 2 is 0.520 bits per heavy atom. The highest BCUT2D eigenvalue weighted by Gasteiger charge is 2.14. The summed E-state index contributed by atoms with van der Waals surface area (Å²) in [6.07, 6.45) is 0. The molecule has 0 atom stereocenters. The third kappa shape index (κ3) is 4.06. The summed E-state index contributed by atoms with van der Waals surface area (Å²) in [4.78, 5) is 0. The first-order valence-corrected chi connectivity index (χ1v) is 17.4. The van der Waals surface area contributed by atoms with Gasteiger partial charge in [0.25, 0.3) is 0 Å². The van der Waals surface area contributed by atoms with E-state index in [0.717, 1.165) is 0 Å². The molecule has 0 N–H and O–H groups in total. The molecule has 0 amide bonds. The average molecular weight is 631 g/mol. The zero-order valence-corrected chi connectivity index (χ0v) is 27.3. The van der Waals surface area contributed by atoms with Crippen molar-refractivity contribution in [2.24, 2.45) is 0 Å². The SMILES string of the molecule is c1cc(-c2ccc(-c3cccc(-c4ccc5ccc6cccc7ccc4c5c67)c3)cc2)cc(-c2ccc3ccc4cccc5ccc2c3c45)c1. The molecule has 0 aliphatic carbocycles. The van der Waals surface area contributed by atoms with Crippen LogP contribution in [0.25, 0.3) is 109 Å². The molecule has 0 bridgehead atoms. The molecule has 50 heavy (non-hydrogen) atoms. The summed E-state index contributed by atoms with van der Waals surface area (Å²) in [5.41, 5.74) is 9.92. The second kappa shape index (κ2) is 10.5. The van der Waals surface area contributed by atoms with Crippen molar-refractivity contribution in [3.63, 3.8) is 0 Å². The molecule has 0 aliphatic rings.